The highest BCUT2D eigenvalue weighted by molar-refractivity contribution is 5.79. The van der Waals surface area contributed by atoms with Crippen LogP contribution in [0.4, 0.5) is 4.39 Å². The van der Waals surface area contributed by atoms with Crippen molar-refractivity contribution in [3.05, 3.63) is 42.0 Å². The highest BCUT2D eigenvalue weighted by atomic mass is 19.1. The molecule has 0 saturated heterocycles. The molecule has 1 aromatic carbocycles. The van der Waals surface area contributed by atoms with Crippen molar-refractivity contribution >= 4 is 5.96 Å². The number of ether oxygens (including phenoxy) is 1. The molecule has 6 nitrogen and oxygen atoms in total. The van der Waals surface area contributed by atoms with E-state index in [9.17, 15) is 4.39 Å². The second kappa shape index (κ2) is 10.2. The summed E-state index contributed by atoms with van der Waals surface area (Å²) in [5, 5.41) is 3.31. The van der Waals surface area contributed by atoms with Crippen LogP contribution in [0.1, 0.15) is 25.5 Å². The first-order valence-electron chi connectivity index (χ1n) is 9.93. The van der Waals surface area contributed by atoms with Crippen LogP contribution in [0, 0.1) is 11.7 Å². The van der Waals surface area contributed by atoms with Gasteiger partial charge < -0.3 is 19.4 Å². The molecule has 1 aromatic heterocycles. The van der Waals surface area contributed by atoms with Gasteiger partial charge in [-0.25, -0.2) is 9.37 Å². The van der Waals surface area contributed by atoms with E-state index in [1.165, 1.54) is 25.0 Å². The molecular weight excluding hydrogens is 359 g/mol. The number of aliphatic imine (C=N–C) groups is 1. The summed E-state index contributed by atoms with van der Waals surface area (Å²) < 4.78 is 24.3. The van der Waals surface area contributed by atoms with E-state index < -0.39 is 0 Å². The minimum Gasteiger partial charge on any atom is -0.444 e. The van der Waals surface area contributed by atoms with Gasteiger partial charge in [0.05, 0.1) is 12.3 Å². The van der Waals surface area contributed by atoms with E-state index >= 15 is 0 Å². The van der Waals surface area contributed by atoms with Crippen LogP contribution in [0.5, 0.6) is 0 Å². The number of hydrogen-bond donors (Lipinski definition) is 1. The Hall–Kier alpha value is -2.41. The van der Waals surface area contributed by atoms with Gasteiger partial charge in [-0.05, 0) is 49.9 Å². The molecule has 0 unspecified atom stereocenters. The maximum Gasteiger partial charge on any atom is 0.226 e. The van der Waals surface area contributed by atoms with Gasteiger partial charge in [0, 0.05) is 45.3 Å². The fraction of sp³-hybridized carbons (Fsp3) is 0.524. The fourth-order valence-electron chi connectivity index (χ4n) is 2.73. The van der Waals surface area contributed by atoms with Crippen molar-refractivity contribution in [3.63, 3.8) is 0 Å². The van der Waals surface area contributed by atoms with Crippen molar-refractivity contribution in [2.75, 3.05) is 39.9 Å². The number of rotatable bonds is 10. The van der Waals surface area contributed by atoms with E-state index in [0.29, 0.717) is 25.5 Å². The molecule has 0 bridgehead atoms. The Balaban J connectivity index is 1.48. The maximum absolute atomic E-state index is 13.0. The lowest BCUT2D eigenvalue weighted by molar-refractivity contribution is 0.115. The number of hydrogen-bond acceptors (Lipinski definition) is 4. The average molecular weight is 388 g/mol. The number of nitrogens with zero attached hydrogens (tertiary/aromatic N) is 3. The minimum absolute atomic E-state index is 0.275. The van der Waals surface area contributed by atoms with Crippen LogP contribution in [-0.2, 0) is 11.2 Å². The summed E-state index contributed by atoms with van der Waals surface area (Å²) in [6.45, 7) is 5.86. The summed E-state index contributed by atoms with van der Waals surface area (Å²) in [6, 6.07) is 6.12. The zero-order valence-electron chi connectivity index (χ0n) is 16.7. The van der Waals surface area contributed by atoms with Crippen LogP contribution in [0.25, 0.3) is 11.5 Å². The van der Waals surface area contributed by atoms with Crippen molar-refractivity contribution in [2.24, 2.45) is 10.9 Å². The molecule has 0 aliphatic heterocycles. The topological polar surface area (TPSA) is 62.9 Å². The lowest BCUT2D eigenvalue weighted by Crippen LogP contribution is -2.40. The Bertz CT molecular complexity index is 756. The Kier molecular flexibility index (Phi) is 7.42. The summed E-state index contributed by atoms with van der Waals surface area (Å²) >= 11 is 0. The SMILES string of the molecule is CCNC(=NCCc1coc(-c2ccc(F)cc2)n1)N(C)CCOCC1CC1. The van der Waals surface area contributed by atoms with E-state index in [-0.39, 0.29) is 5.82 Å². The summed E-state index contributed by atoms with van der Waals surface area (Å²) in [5.41, 5.74) is 1.59. The second-order valence-corrected chi connectivity index (χ2v) is 7.08. The lowest BCUT2D eigenvalue weighted by Gasteiger charge is -2.22. The Morgan fingerprint density at radius 2 is 2.14 bits per heavy atom. The summed E-state index contributed by atoms with van der Waals surface area (Å²) in [5.74, 6) is 1.87. The van der Waals surface area contributed by atoms with Gasteiger partial charge in [0.2, 0.25) is 5.89 Å². The van der Waals surface area contributed by atoms with Crippen LogP contribution >= 0.6 is 0 Å². The third-order valence-corrected chi connectivity index (χ3v) is 4.59. The summed E-state index contributed by atoms with van der Waals surface area (Å²) in [7, 11) is 2.02. The van der Waals surface area contributed by atoms with Crippen molar-refractivity contribution in [1.29, 1.82) is 0 Å². The molecule has 1 fully saturated rings. The molecule has 0 atom stereocenters. The van der Waals surface area contributed by atoms with Crippen LogP contribution in [0.15, 0.2) is 39.9 Å². The van der Waals surface area contributed by atoms with Crippen molar-refractivity contribution in [2.45, 2.75) is 26.2 Å². The number of benzene rings is 1. The number of guanidine groups is 1. The Morgan fingerprint density at radius 1 is 1.36 bits per heavy atom. The molecular formula is C21H29FN4O2. The van der Waals surface area contributed by atoms with E-state index in [0.717, 1.165) is 42.8 Å². The first-order valence-corrected chi connectivity index (χ1v) is 9.93. The third-order valence-electron chi connectivity index (χ3n) is 4.59. The molecule has 3 rings (SSSR count). The molecule has 1 N–H and O–H groups in total. The summed E-state index contributed by atoms with van der Waals surface area (Å²) in [4.78, 5) is 11.2. The lowest BCUT2D eigenvalue weighted by atomic mass is 10.2. The number of halogens is 1. The second-order valence-electron chi connectivity index (χ2n) is 7.08. The molecule has 1 heterocycles. The molecule has 2 aromatic rings. The smallest absolute Gasteiger partial charge is 0.226 e. The largest absolute Gasteiger partial charge is 0.444 e. The van der Waals surface area contributed by atoms with E-state index in [2.05, 4.69) is 27.1 Å². The van der Waals surface area contributed by atoms with E-state index in [1.54, 1.807) is 18.4 Å². The van der Waals surface area contributed by atoms with Crippen LogP contribution < -0.4 is 5.32 Å². The van der Waals surface area contributed by atoms with Crippen LogP contribution in [0.3, 0.4) is 0 Å². The zero-order chi connectivity index (χ0) is 19.8. The van der Waals surface area contributed by atoms with Gasteiger partial charge in [0.25, 0.3) is 0 Å². The van der Waals surface area contributed by atoms with Crippen LogP contribution in [-0.4, -0.2) is 55.7 Å². The standard InChI is InChI=1S/C21H29FN4O2/c1-3-23-21(26(2)12-13-27-14-16-4-5-16)24-11-10-19-15-28-20(25-19)17-6-8-18(22)9-7-17/h6-9,15-16H,3-5,10-14H2,1-2H3,(H,23,24). The Morgan fingerprint density at radius 3 is 2.86 bits per heavy atom. The van der Waals surface area contributed by atoms with Gasteiger partial charge in [-0.3, -0.25) is 4.99 Å². The van der Waals surface area contributed by atoms with Gasteiger partial charge in [-0.1, -0.05) is 0 Å². The van der Waals surface area contributed by atoms with Gasteiger partial charge in [0.1, 0.15) is 12.1 Å². The number of nitrogens with one attached hydrogen (secondary N) is 1. The molecule has 28 heavy (non-hydrogen) atoms. The fourth-order valence-corrected chi connectivity index (χ4v) is 2.73. The number of aromatic nitrogens is 1. The monoisotopic (exact) mass is 388 g/mol. The van der Waals surface area contributed by atoms with Gasteiger partial charge >= 0.3 is 0 Å². The van der Waals surface area contributed by atoms with Gasteiger partial charge in [-0.15, -0.1) is 0 Å². The molecule has 152 valence electrons. The predicted octanol–water partition coefficient (Wildman–Crippen LogP) is 3.35. The zero-order valence-corrected chi connectivity index (χ0v) is 16.7. The number of likely N-dealkylation sites (N-methyl/N-ethyl adjacent to an activating group) is 1. The third kappa shape index (κ3) is 6.34. The molecule has 0 radical (unpaired) electrons. The maximum atomic E-state index is 13.0. The van der Waals surface area contributed by atoms with Crippen LogP contribution in [0.2, 0.25) is 0 Å². The summed E-state index contributed by atoms with van der Waals surface area (Å²) in [6.07, 6.45) is 4.93. The highest BCUT2D eigenvalue weighted by Gasteiger charge is 2.21. The Labute approximate surface area is 165 Å². The first-order chi connectivity index (χ1) is 13.7. The molecule has 1 saturated carbocycles. The normalized spacial score (nSPS) is 14.3. The quantitative estimate of drug-likeness (QED) is 0.384. The van der Waals surface area contributed by atoms with Gasteiger partial charge in [0.15, 0.2) is 5.96 Å². The first kappa shape index (κ1) is 20.3. The molecule has 7 heteroatoms. The number of oxazole rings is 1. The van der Waals surface area contributed by atoms with Crippen molar-refractivity contribution in [1.82, 2.24) is 15.2 Å². The van der Waals surface area contributed by atoms with Crippen molar-refractivity contribution in [3.8, 4) is 11.5 Å². The molecule has 0 spiro atoms. The molecule has 0 amide bonds. The van der Waals surface area contributed by atoms with E-state index in [1.807, 2.05) is 7.05 Å². The molecule has 1 aliphatic rings. The van der Waals surface area contributed by atoms with Gasteiger partial charge in [-0.2, -0.15) is 0 Å². The predicted molar refractivity (Wildman–Crippen MR) is 108 cm³/mol. The van der Waals surface area contributed by atoms with E-state index in [4.69, 9.17) is 9.15 Å². The van der Waals surface area contributed by atoms with Crippen molar-refractivity contribution < 1.29 is 13.5 Å². The molecule has 1 aliphatic carbocycles. The minimum atomic E-state index is -0.275. The highest BCUT2D eigenvalue weighted by Crippen LogP contribution is 2.28. The average Bonchev–Trinajstić information content (AvgIpc) is 3.41.